The van der Waals surface area contributed by atoms with Crippen LogP contribution in [0.15, 0.2) is 43.5 Å². The Morgan fingerprint density at radius 1 is 1.19 bits per heavy atom. The van der Waals surface area contributed by atoms with E-state index in [9.17, 15) is 4.79 Å². The van der Waals surface area contributed by atoms with Crippen LogP contribution in [-0.4, -0.2) is 42.0 Å². The van der Waals surface area contributed by atoms with E-state index in [1.54, 1.807) is 23.1 Å². The van der Waals surface area contributed by atoms with Crippen LogP contribution >= 0.6 is 0 Å². The summed E-state index contributed by atoms with van der Waals surface area (Å²) in [6.45, 7) is 10.4. The van der Waals surface area contributed by atoms with Gasteiger partial charge in [-0.15, -0.1) is 13.2 Å². The van der Waals surface area contributed by atoms with Gasteiger partial charge in [-0.1, -0.05) is 18.2 Å². The minimum absolute atomic E-state index is 0.0753. The normalized spacial score (nSPS) is 14.6. The number of carbonyl (C=O) groups is 1. The monoisotopic (exact) mass is 285 g/mol. The van der Waals surface area contributed by atoms with E-state index < -0.39 is 0 Å². The third-order valence-corrected chi connectivity index (χ3v) is 3.62. The highest BCUT2D eigenvalue weighted by molar-refractivity contribution is 5.92. The molecule has 1 aliphatic rings. The molecule has 0 aliphatic carbocycles. The average Bonchev–Trinajstić information content (AvgIpc) is 2.55. The first-order valence-electron chi connectivity index (χ1n) is 7.49. The molecular formula is C17H23N3O. The average molecular weight is 285 g/mol. The summed E-state index contributed by atoms with van der Waals surface area (Å²) in [5.41, 5.74) is 0.488. The van der Waals surface area contributed by atoms with E-state index in [0.717, 1.165) is 18.9 Å². The smallest absolute Gasteiger partial charge is 0.273 e. The zero-order valence-corrected chi connectivity index (χ0v) is 12.5. The lowest BCUT2D eigenvalue weighted by Crippen LogP contribution is -2.33. The van der Waals surface area contributed by atoms with Crippen molar-refractivity contribution >= 4 is 11.7 Å². The van der Waals surface area contributed by atoms with Crippen molar-refractivity contribution in [2.75, 3.05) is 31.1 Å². The number of anilines is 1. The van der Waals surface area contributed by atoms with Crippen LogP contribution < -0.4 is 4.90 Å². The van der Waals surface area contributed by atoms with E-state index in [4.69, 9.17) is 0 Å². The highest BCUT2D eigenvalue weighted by Crippen LogP contribution is 2.18. The van der Waals surface area contributed by atoms with E-state index in [0.29, 0.717) is 18.8 Å². The summed E-state index contributed by atoms with van der Waals surface area (Å²) in [6.07, 6.45) is 7.10. The Hall–Kier alpha value is -2.10. The van der Waals surface area contributed by atoms with Crippen LogP contribution in [0.1, 0.15) is 29.8 Å². The summed E-state index contributed by atoms with van der Waals surface area (Å²) in [6, 6.07) is 5.66. The highest BCUT2D eigenvalue weighted by atomic mass is 16.2. The molecule has 0 saturated carbocycles. The number of piperidine rings is 1. The van der Waals surface area contributed by atoms with Crippen LogP contribution in [0.25, 0.3) is 0 Å². The minimum atomic E-state index is -0.0753. The molecule has 21 heavy (non-hydrogen) atoms. The molecule has 2 rings (SSSR count). The number of amides is 1. The molecule has 0 aromatic carbocycles. The summed E-state index contributed by atoms with van der Waals surface area (Å²) in [7, 11) is 0. The first-order chi connectivity index (χ1) is 10.3. The largest absolute Gasteiger partial charge is 0.357 e. The van der Waals surface area contributed by atoms with E-state index in [1.165, 1.54) is 19.3 Å². The molecule has 4 heteroatoms. The van der Waals surface area contributed by atoms with Gasteiger partial charge in [0, 0.05) is 26.2 Å². The Labute approximate surface area is 126 Å². The Balaban J connectivity index is 2.16. The fourth-order valence-corrected chi connectivity index (χ4v) is 2.56. The molecule has 0 unspecified atom stereocenters. The molecule has 1 aliphatic heterocycles. The summed E-state index contributed by atoms with van der Waals surface area (Å²) >= 11 is 0. The van der Waals surface area contributed by atoms with Crippen molar-refractivity contribution in [2.24, 2.45) is 0 Å². The number of hydrogen-bond donors (Lipinski definition) is 0. The molecule has 1 saturated heterocycles. The molecule has 4 nitrogen and oxygen atoms in total. The third kappa shape index (κ3) is 3.94. The number of hydrogen-bond acceptors (Lipinski definition) is 3. The molecule has 0 bridgehead atoms. The van der Waals surface area contributed by atoms with Crippen molar-refractivity contribution in [3.8, 4) is 0 Å². The minimum Gasteiger partial charge on any atom is -0.357 e. The number of rotatable bonds is 6. The van der Waals surface area contributed by atoms with Crippen LogP contribution in [0, 0.1) is 0 Å². The Morgan fingerprint density at radius 3 is 2.48 bits per heavy atom. The Kier molecular flexibility index (Phi) is 5.55. The standard InChI is InChI=1S/C17H23N3O/c1-3-11-20(12-4-2)17(21)15-9-8-10-16(18-15)19-13-6-5-7-14-19/h3-4,8-10H,1-2,5-7,11-14H2. The molecule has 112 valence electrons. The maximum Gasteiger partial charge on any atom is 0.273 e. The molecule has 0 N–H and O–H groups in total. The van der Waals surface area contributed by atoms with Crippen LogP contribution in [0.5, 0.6) is 0 Å². The topological polar surface area (TPSA) is 36.4 Å². The number of aromatic nitrogens is 1. The second-order valence-electron chi connectivity index (χ2n) is 5.22. The fraction of sp³-hybridized carbons (Fsp3) is 0.412. The summed E-state index contributed by atoms with van der Waals surface area (Å²) in [5.74, 6) is 0.825. The molecule has 1 amide bonds. The Morgan fingerprint density at radius 2 is 1.86 bits per heavy atom. The highest BCUT2D eigenvalue weighted by Gasteiger charge is 2.17. The fourth-order valence-electron chi connectivity index (χ4n) is 2.56. The van der Waals surface area contributed by atoms with Gasteiger partial charge in [-0.2, -0.15) is 0 Å². The van der Waals surface area contributed by atoms with Gasteiger partial charge >= 0.3 is 0 Å². The zero-order chi connectivity index (χ0) is 15.1. The van der Waals surface area contributed by atoms with Crippen molar-refractivity contribution < 1.29 is 4.79 Å². The SMILES string of the molecule is C=CCN(CC=C)C(=O)c1cccc(N2CCCCC2)n1. The lowest BCUT2D eigenvalue weighted by Gasteiger charge is -2.28. The predicted molar refractivity (Wildman–Crippen MR) is 86.6 cm³/mol. The van der Waals surface area contributed by atoms with E-state index in [1.807, 2.05) is 12.1 Å². The van der Waals surface area contributed by atoms with Crippen molar-refractivity contribution in [1.29, 1.82) is 0 Å². The summed E-state index contributed by atoms with van der Waals surface area (Å²) in [4.78, 5) is 21.0. The van der Waals surface area contributed by atoms with Gasteiger partial charge in [-0.25, -0.2) is 4.98 Å². The number of nitrogens with zero attached hydrogens (tertiary/aromatic N) is 3. The Bertz CT molecular complexity index is 497. The third-order valence-electron chi connectivity index (χ3n) is 3.62. The van der Waals surface area contributed by atoms with Gasteiger partial charge in [0.15, 0.2) is 0 Å². The quantitative estimate of drug-likeness (QED) is 0.754. The molecule has 0 atom stereocenters. The van der Waals surface area contributed by atoms with Gasteiger partial charge in [-0.05, 0) is 31.4 Å². The molecule has 1 aromatic heterocycles. The molecule has 1 fully saturated rings. The molecule has 0 radical (unpaired) electrons. The van der Waals surface area contributed by atoms with Gasteiger partial charge in [-0.3, -0.25) is 4.79 Å². The molecular weight excluding hydrogens is 262 g/mol. The van der Waals surface area contributed by atoms with Gasteiger partial charge in [0.05, 0.1) is 0 Å². The first-order valence-corrected chi connectivity index (χ1v) is 7.49. The maximum absolute atomic E-state index is 12.5. The van der Waals surface area contributed by atoms with Crippen molar-refractivity contribution in [3.05, 3.63) is 49.2 Å². The van der Waals surface area contributed by atoms with E-state index in [2.05, 4.69) is 23.0 Å². The van der Waals surface area contributed by atoms with Crippen LogP contribution in [0.2, 0.25) is 0 Å². The van der Waals surface area contributed by atoms with Crippen molar-refractivity contribution in [3.63, 3.8) is 0 Å². The first kappa shape index (κ1) is 15.3. The maximum atomic E-state index is 12.5. The van der Waals surface area contributed by atoms with Crippen LogP contribution in [0.4, 0.5) is 5.82 Å². The lowest BCUT2D eigenvalue weighted by atomic mass is 10.1. The molecule has 0 spiro atoms. The zero-order valence-electron chi connectivity index (χ0n) is 12.5. The summed E-state index contributed by atoms with van der Waals surface area (Å²) < 4.78 is 0. The number of pyridine rings is 1. The lowest BCUT2D eigenvalue weighted by molar-refractivity contribution is 0.0785. The molecule has 1 aromatic rings. The van der Waals surface area contributed by atoms with Crippen molar-refractivity contribution in [1.82, 2.24) is 9.88 Å². The van der Waals surface area contributed by atoms with Gasteiger partial charge in [0.2, 0.25) is 0 Å². The van der Waals surface area contributed by atoms with Gasteiger partial charge < -0.3 is 9.80 Å². The second-order valence-corrected chi connectivity index (χ2v) is 5.22. The van der Waals surface area contributed by atoms with Crippen LogP contribution in [-0.2, 0) is 0 Å². The van der Waals surface area contributed by atoms with Gasteiger partial charge in [0.25, 0.3) is 5.91 Å². The predicted octanol–water partition coefficient (Wildman–Crippen LogP) is 2.89. The van der Waals surface area contributed by atoms with E-state index >= 15 is 0 Å². The second kappa shape index (κ2) is 7.62. The summed E-state index contributed by atoms with van der Waals surface area (Å²) in [5, 5.41) is 0. The molecule has 2 heterocycles. The van der Waals surface area contributed by atoms with Gasteiger partial charge in [0.1, 0.15) is 11.5 Å². The number of carbonyl (C=O) groups excluding carboxylic acids is 1. The van der Waals surface area contributed by atoms with E-state index in [-0.39, 0.29) is 5.91 Å². The van der Waals surface area contributed by atoms with Crippen LogP contribution in [0.3, 0.4) is 0 Å². The van der Waals surface area contributed by atoms with Crippen molar-refractivity contribution in [2.45, 2.75) is 19.3 Å².